The van der Waals surface area contributed by atoms with Crippen molar-refractivity contribution in [2.75, 3.05) is 13.2 Å². The van der Waals surface area contributed by atoms with Crippen molar-refractivity contribution in [1.29, 1.82) is 0 Å². The standard InChI is InChI=1S/C17H23NO4/c1-3-21-16(19)15(17(20)22-4-2)11-7-5-6-9-14-10-8-12-18-13-14/h6,8-10,12-13,15H,3-5,7,11H2,1-2H3/b9-6+. The summed E-state index contributed by atoms with van der Waals surface area (Å²) in [5.74, 6) is -1.83. The summed E-state index contributed by atoms with van der Waals surface area (Å²) < 4.78 is 9.86. The van der Waals surface area contributed by atoms with E-state index in [9.17, 15) is 9.59 Å². The molecule has 0 N–H and O–H groups in total. The molecular formula is C17H23NO4. The number of carbonyl (C=O) groups excluding carboxylic acids is 2. The van der Waals surface area contributed by atoms with Gasteiger partial charge in [-0.2, -0.15) is 0 Å². The van der Waals surface area contributed by atoms with E-state index >= 15 is 0 Å². The fraction of sp³-hybridized carbons (Fsp3) is 0.471. The largest absolute Gasteiger partial charge is 0.465 e. The fourth-order valence-electron chi connectivity index (χ4n) is 1.95. The maximum Gasteiger partial charge on any atom is 0.320 e. The van der Waals surface area contributed by atoms with E-state index in [2.05, 4.69) is 4.98 Å². The van der Waals surface area contributed by atoms with Crippen LogP contribution in [0.1, 0.15) is 38.7 Å². The second kappa shape index (κ2) is 10.5. The summed E-state index contributed by atoms with van der Waals surface area (Å²) >= 11 is 0. The number of nitrogens with zero attached hydrogens (tertiary/aromatic N) is 1. The third-order valence-corrected chi connectivity index (χ3v) is 3.00. The Balaban J connectivity index is 2.44. The Morgan fingerprint density at radius 2 is 1.91 bits per heavy atom. The number of pyridine rings is 1. The minimum Gasteiger partial charge on any atom is -0.465 e. The highest BCUT2D eigenvalue weighted by atomic mass is 16.6. The van der Waals surface area contributed by atoms with Gasteiger partial charge in [0.2, 0.25) is 0 Å². The lowest BCUT2D eigenvalue weighted by atomic mass is 10.0. The molecule has 0 aliphatic rings. The van der Waals surface area contributed by atoms with Crippen LogP contribution in [0.5, 0.6) is 0 Å². The molecule has 0 aromatic carbocycles. The van der Waals surface area contributed by atoms with E-state index in [1.165, 1.54) is 0 Å². The van der Waals surface area contributed by atoms with E-state index in [-0.39, 0.29) is 13.2 Å². The maximum atomic E-state index is 11.8. The zero-order chi connectivity index (χ0) is 16.2. The summed E-state index contributed by atoms with van der Waals surface area (Å²) in [6.45, 7) is 3.96. The molecule has 0 unspecified atom stereocenters. The Hall–Kier alpha value is -2.17. The lowest BCUT2D eigenvalue weighted by molar-refractivity contribution is -0.161. The van der Waals surface area contributed by atoms with Crippen LogP contribution in [0.25, 0.3) is 6.08 Å². The quantitative estimate of drug-likeness (QED) is 0.398. The van der Waals surface area contributed by atoms with Crippen LogP contribution in [-0.2, 0) is 19.1 Å². The van der Waals surface area contributed by atoms with Crippen molar-refractivity contribution < 1.29 is 19.1 Å². The number of esters is 2. The first-order valence-corrected chi connectivity index (χ1v) is 7.58. The van der Waals surface area contributed by atoms with Crippen molar-refractivity contribution in [2.45, 2.75) is 33.1 Å². The predicted molar refractivity (Wildman–Crippen MR) is 83.9 cm³/mol. The SMILES string of the molecule is CCOC(=O)C(CCC/C=C/c1cccnc1)C(=O)OCC. The van der Waals surface area contributed by atoms with E-state index in [1.54, 1.807) is 26.2 Å². The number of ether oxygens (including phenoxy) is 2. The normalized spacial score (nSPS) is 10.9. The molecule has 1 heterocycles. The molecule has 0 fully saturated rings. The van der Waals surface area contributed by atoms with E-state index in [4.69, 9.17) is 9.47 Å². The predicted octanol–water partition coefficient (Wildman–Crippen LogP) is 3.01. The summed E-state index contributed by atoms with van der Waals surface area (Å²) in [7, 11) is 0. The smallest absolute Gasteiger partial charge is 0.320 e. The van der Waals surface area contributed by atoms with Gasteiger partial charge in [0.25, 0.3) is 0 Å². The average molecular weight is 305 g/mol. The fourth-order valence-corrected chi connectivity index (χ4v) is 1.95. The van der Waals surface area contributed by atoms with Gasteiger partial charge in [0.1, 0.15) is 0 Å². The lowest BCUT2D eigenvalue weighted by Crippen LogP contribution is -2.28. The van der Waals surface area contributed by atoms with Gasteiger partial charge in [-0.05, 0) is 44.7 Å². The molecule has 0 atom stereocenters. The van der Waals surface area contributed by atoms with Crippen molar-refractivity contribution in [3.8, 4) is 0 Å². The Morgan fingerprint density at radius 1 is 1.23 bits per heavy atom. The molecule has 0 bridgehead atoms. The summed E-state index contributed by atoms with van der Waals surface area (Å²) in [6.07, 6.45) is 9.37. The first-order valence-electron chi connectivity index (χ1n) is 7.58. The van der Waals surface area contributed by atoms with Gasteiger partial charge in [-0.1, -0.05) is 18.2 Å². The minimum absolute atomic E-state index is 0.260. The topological polar surface area (TPSA) is 65.5 Å². The third-order valence-electron chi connectivity index (χ3n) is 3.00. The van der Waals surface area contributed by atoms with Crippen molar-refractivity contribution in [3.05, 3.63) is 36.2 Å². The van der Waals surface area contributed by atoms with Crippen LogP contribution in [0.2, 0.25) is 0 Å². The van der Waals surface area contributed by atoms with E-state index in [0.717, 1.165) is 12.0 Å². The minimum atomic E-state index is -0.827. The van der Waals surface area contributed by atoms with E-state index < -0.39 is 17.9 Å². The highest BCUT2D eigenvalue weighted by Gasteiger charge is 2.28. The Bertz CT molecular complexity index is 467. The van der Waals surface area contributed by atoms with Crippen LogP contribution in [0.15, 0.2) is 30.6 Å². The molecule has 1 rings (SSSR count). The molecule has 0 saturated heterocycles. The monoisotopic (exact) mass is 305 g/mol. The number of unbranched alkanes of at least 4 members (excludes halogenated alkanes) is 1. The third kappa shape index (κ3) is 6.52. The number of aromatic nitrogens is 1. The molecule has 0 aliphatic heterocycles. The van der Waals surface area contributed by atoms with Gasteiger partial charge >= 0.3 is 11.9 Å². The summed E-state index contributed by atoms with van der Waals surface area (Å²) in [4.78, 5) is 27.6. The Morgan fingerprint density at radius 3 is 2.45 bits per heavy atom. The highest BCUT2D eigenvalue weighted by molar-refractivity contribution is 5.94. The number of hydrogen-bond donors (Lipinski definition) is 0. The van der Waals surface area contributed by atoms with Crippen LogP contribution in [-0.4, -0.2) is 30.1 Å². The van der Waals surface area contributed by atoms with Crippen LogP contribution < -0.4 is 0 Å². The molecule has 5 heteroatoms. The van der Waals surface area contributed by atoms with Gasteiger partial charge in [-0.3, -0.25) is 14.6 Å². The molecule has 22 heavy (non-hydrogen) atoms. The van der Waals surface area contributed by atoms with Gasteiger partial charge < -0.3 is 9.47 Å². The van der Waals surface area contributed by atoms with Gasteiger partial charge in [-0.25, -0.2) is 0 Å². The summed E-state index contributed by atoms with van der Waals surface area (Å²) in [6, 6.07) is 3.83. The first-order chi connectivity index (χ1) is 10.7. The van der Waals surface area contributed by atoms with Crippen molar-refractivity contribution in [3.63, 3.8) is 0 Å². The summed E-state index contributed by atoms with van der Waals surface area (Å²) in [5, 5.41) is 0. The molecule has 5 nitrogen and oxygen atoms in total. The van der Waals surface area contributed by atoms with Gasteiger partial charge in [0.15, 0.2) is 5.92 Å². The highest BCUT2D eigenvalue weighted by Crippen LogP contribution is 2.14. The molecule has 0 radical (unpaired) electrons. The maximum absolute atomic E-state index is 11.8. The van der Waals surface area contributed by atoms with Crippen LogP contribution in [0, 0.1) is 5.92 Å². The zero-order valence-electron chi connectivity index (χ0n) is 13.2. The molecule has 0 amide bonds. The van der Waals surface area contributed by atoms with Crippen molar-refractivity contribution >= 4 is 18.0 Å². The van der Waals surface area contributed by atoms with E-state index in [1.807, 2.05) is 24.3 Å². The van der Waals surface area contributed by atoms with Crippen LogP contribution >= 0.6 is 0 Å². The molecule has 120 valence electrons. The molecule has 0 spiro atoms. The van der Waals surface area contributed by atoms with Gasteiger partial charge in [-0.15, -0.1) is 0 Å². The lowest BCUT2D eigenvalue weighted by Gasteiger charge is -2.13. The Labute approximate surface area is 131 Å². The molecule has 0 aliphatic carbocycles. The second-order valence-electron chi connectivity index (χ2n) is 4.68. The first kappa shape index (κ1) is 17.9. The second-order valence-corrected chi connectivity index (χ2v) is 4.68. The van der Waals surface area contributed by atoms with Crippen LogP contribution in [0.4, 0.5) is 0 Å². The zero-order valence-corrected chi connectivity index (χ0v) is 13.2. The molecule has 1 aromatic heterocycles. The molecule has 1 aromatic rings. The van der Waals surface area contributed by atoms with E-state index in [0.29, 0.717) is 12.8 Å². The molecular weight excluding hydrogens is 282 g/mol. The number of carbonyl (C=O) groups is 2. The summed E-state index contributed by atoms with van der Waals surface area (Å²) in [5.41, 5.74) is 1.02. The van der Waals surface area contributed by atoms with Crippen LogP contribution in [0.3, 0.4) is 0 Å². The number of rotatable bonds is 9. The average Bonchev–Trinajstić information content (AvgIpc) is 2.52. The van der Waals surface area contributed by atoms with Gasteiger partial charge in [0.05, 0.1) is 13.2 Å². The Kier molecular flexibility index (Phi) is 8.57. The number of hydrogen-bond acceptors (Lipinski definition) is 5. The number of allylic oxidation sites excluding steroid dienone is 1. The van der Waals surface area contributed by atoms with Crippen molar-refractivity contribution in [2.24, 2.45) is 5.92 Å². The molecule has 0 saturated carbocycles. The van der Waals surface area contributed by atoms with Crippen molar-refractivity contribution in [1.82, 2.24) is 4.98 Å². The van der Waals surface area contributed by atoms with Gasteiger partial charge in [0, 0.05) is 12.4 Å².